The van der Waals surface area contributed by atoms with E-state index in [0.717, 1.165) is 19.3 Å². The van der Waals surface area contributed by atoms with E-state index in [0.29, 0.717) is 30.7 Å². The summed E-state index contributed by atoms with van der Waals surface area (Å²) in [5, 5.41) is 12.2. The molecule has 1 aromatic rings. The summed E-state index contributed by atoms with van der Waals surface area (Å²) in [5.41, 5.74) is -0.129. The van der Waals surface area contributed by atoms with E-state index in [4.69, 9.17) is 9.84 Å². The molecule has 0 spiro atoms. The Kier molecular flexibility index (Phi) is 4.42. The van der Waals surface area contributed by atoms with E-state index >= 15 is 0 Å². The van der Waals surface area contributed by atoms with Crippen molar-refractivity contribution in [1.29, 1.82) is 0 Å². The third-order valence-electron chi connectivity index (χ3n) is 3.69. The minimum Gasteiger partial charge on any atom is -0.481 e. The lowest BCUT2D eigenvalue weighted by Gasteiger charge is -2.41. The monoisotopic (exact) mass is 279 g/mol. The summed E-state index contributed by atoms with van der Waals surface area (Å²) >= 11 is 0. The standard InChI is InChI=1S/C14H21N3O3/c1-3-20-12-7-11(16-10(2)17-12)15-9-14(5-4-6-14)8-13(18)19/h7H,3-6,8-9H2,1-2H3,(H,18,19)(H,15,16,17). The summed E-state index contributed by atoms with van der Waals surface area (Å²) in [4.78, 5) is 19.4. The van der Waals surface area contributed by atoms with Gasteiger partial charge in [-0.1, -0.05) is 6.42 Å². The molecule has 0 saturated heterocycles. The smallest absolute Gasteiger partial charge is 0.303 e. The number of ether oxygens (including phenoxy) is 1. The second kappa shape index (κ2) is 6.07. The van der Waals surface area contributed by atoms with Crippen LogP contribution in [0.15, 0.2) is 6.07 Å². The highest BCUT2D eigenvalue weighted by molar-refractivity contribution is 5.68. The molecule has 0 radical (unpaired) electrons. The number of aromatic nitrogens is 2. The second-order valence-electron chi connectivity index (χ2n) is 5.35. The molecule has 0 atom stereocenters. The van der Waals surface area contributed by atoms with Crippen LogP contribution < -0.4 is 10.1 Å². The Morgan fingerprint density at radius 3 is 2.80 bits per heavy atom. The fourth-order valence-corrected chi connectivity index (χ4v) is 2.54. The first-order valence-electron chi connectivity index (χ1n) is 6.97. The van der Waals surface area contributed by atoms with Crippen molar-refractivity contribution in [1.82, 2.24) is 9.97 Å². The van der Waals surface area contributed by atoms with Gasteiger partial charge in [0.1, 0.15) is 11.6 Å². The number of anilines is 1. The molecule has 1 fully saturated rings. The number of hydrogen-bond donors (Lipinski definition) is 2. The fourth-order valence-electron chi connectivity index (χ4n) is 2.54. The van der Waals surface area contributed by atoms with Crippen molar-refractivity contribution in [3.8, 4) is 5.88 Å². The van der Waals surface area contributed by atoms with Crippen molar-refractivity contribution in [3.63, 3.8) is 0 Å². The SMILES string of the molecule is CCOc1cc(NCC2(CC(=O)O)CCC2)nc(C)n1. The topological polar surface area (TPSA) is 84.3 Å². The molecule has 0 aliphatic heterocycles. The number of nitrogens with one attached hydrogen (secondary N) is 1. The molecule has 1 saturated carbocycles. The lowest BCUT2D eigenvalue weighted by Crippen LogP contribution is -2.38. The molecule has 1 aliphatic rings. The Morgan fingerprint density at radius 2 is 2.25 bits per heavy atom. The van der Waals surface area contributed by atoms with Crippen LogP contribution in [-0.4, -0.2) is 34.2 Å². The predicted octanol–water partition coefficient (Wildman–Crippen LogP) is 2.24. The summed E-state index contributed by atoms with van der Waals surface area (Å²) in [5.74, 6) is 1.14. The average Bonchev–Trinajstić information content (AvgIpc) is 2.32. The Morgan fingerprint density at radius 1 is 1.50 bits per heavy atom. The van der Waals surface area contributed by atoms with Crippen LogP contribution in [-0.2, 0) is 4.79 Å². The van der Waals surface area contributed by atoms with Gasteiger partial charge in [0.15, 0.2) is 0 Å². The number of rotatable bonds is 7. The number of aliphatic carboxylic acids is 1. The molecule has 0 amide bonds. The summed E-state index contributed by atoms with van der Waals surface area (Å²) in [6.45, 7) is 4.89. The van der Waals surface area contributed by atoms with Gasteiger partial charge in [-0.3, -0.25) is 4.79 Å². The third-order valence-corrected chi connectivity index (χ3v) is 3.69. The van der Waals surface area contributed by atoms with Crippen LogP contribution in [0.1, 0.15) is 38.4 Å². The molecular formula is C14H21N3O3. The van der Waals surface area contributed by atoms with Crippen LogP contribution >= 0.6 is 0 Å². The Bertz CT molecular complexity index is 487. The highest BCUT2D eigenvalue weighted by atomic mass is 16.5. The van der Waals surface area contributed by atoms with Crippen molar-refractivity contribution in [2.45, 2.75) is 39.5 Å². The zero-order valence-corrected chi connectivity index (χ0v) is 12.0. The van der Waals surface area contributed by atoms with Crippen molar-refractivity contribution in [3.05, 3.63) is 11.9 Å². The van der Waals surface area contributed by atoms with E-state index in [2.05, 4.69) is 15.3 Å². The van der Waals surface area contributed by atoms with Crippen LogP contribution in [0.5, 0.6) is 5.88 Å². The van der Waals surface area contributed by atoms with Gasteiger partial charge in [-0.15, -0.1) is 0 Å². The van der Waals surface area contributed by atoms with Gasteiger partial charge in [0.25, 0.3) is 0 Å². The fraction of sp³-hybridized carbons (Fsp3) is 0.643. The van der Waals surface area contributed by atoms with Gasteiger partial charge in [-0.25, -0.2) is 4.98 Å². The summed E-state index contributed by atoms with van der Waals surface area (Å²) in [7, 11) is 0. The van der Waals surface area contributed by atoms with Crippen molar-refractivity contribution in [2.75, 3.05) is 18.5 Å². The summed E-state index contributed by atoms with van der Waals surface area (Å²) in [6, 6.07) is 1.75. The van der Waals surface area contributed by atoms with Crippen LogP contribution in [0.2, 0.25) is 0 Å². The minimum atomic E-state index is -0.736. The molecule has 20 heavy (non-hydrogen) atoms. The van der Waals surface area contributed by atoms with Crippen LogP contribution in [0.25, 0.3) is 0 Å². The number of carboxylic acid groups (broad SMARTS) is 1. The lowest BCUT2D eigenvalue weighted by molar-refractivity contribution is -0.141. The maximum absolute atomic E-state index is 10.9. The maximum atomic E-state index is 10.9. The second-order valence-corrected chi connectivity index (χ2v) is 5.35. The van der Waals surface area contributed by atoms with E-state index in [1.807, 2.05) is 13.8 Å². The lowest BCUT2D eigenvalue weighted by atomic mass is 9.66. The summed E-state index contributed by atoms with van der Waals surface area (Å²) in [6.07, 6.45) is 3.22. The number of aryl methyl sites for hydroxylation is 1. The van der Waals surface area contributed by atoms with E-state index in [-0.39, 0.29) is 11.8 Å². The molecule has 6 nitrogen and oxygen atoms in total. The number of carbonyl (C=O) groups is 1. The van der Waals surface area contributed by atoms with E-state index in [1.54, 1.807) is 6.07 Å². The molecule has 0 aromatic carbocycles. The van der Waals surface area contributed by atoms with Crippen molar-refractivity contribution < 1.29 is 14.6 Å². The van der Waals surface area contributed by atoms with Crippen LogP contribution in [0, 0.1) is 12.3 Å². The number of nitrogens with zero attached hydrogens (tertiary/aromatic N) is 2. The molecule has 1 aliphatic carbocycles. The third kappa shape index (κ3) is 3.59. The van der Waals surface area contributed by atoms with Gasteiger partial charge < -0.3 is 15.2 Å². The molecule has 2 rings (SSSR count). The highest BCUT2D eigenvalue weighted by Crippen LogP contribution is 2.43. The number of carboxylic acids is 1. The molecule has 6 heteroatoms. The van der Waals surface area contributed by atoms with Gasteiger partial charge in [0, 0.05) is 12.6 Å². The minimum absolute atomic E-state index is 0.129. The van der Waals surface area contributed by atoms with E-state index in [9.17, 15) is 4.79 Å². The predicted molar refractivity (Wildman–Crippen MR) is 75.0 cm³/mol. The van der Waals surface area contributed by atoms with Gasteiger partial charge in [0.05, 0.1) is 13.0 Å². The van der Waals surface area contributed by atoms with Gasteiger partial charge in [-0.05, 0) is 32.1 Å². The first kappa shape index (κ1) is 14.6. The quantitative estimate of drug-likeness (QED) is 0.796. The molecule has 0 unspecified atom stereocenters. The zero-order valence-electron chi connectivity index (χ0n) is 12.0. The van der Waals surface area contributed by atoms with E-state index in [1.165, 1.54) is 0 Å². The van der Waals surface area contributed by atoms with Crippen molar-refractivity contribution in [2.24, 2.45) is 5.41 Å². The molecular weight excluding hydrogens is 258 g/mol. The summed E-state index contributed by atoms with van der Waals surface area (Å²) < 4.78 is 5.38. The number of hydrogen-bond acceptors (Lipinski definition) is 5. The molecule has 110 valence electrons. The molecule has 1 heterocycles. The average molecular weight is 279 g/mol. The largest absolute Gasteiger partial charge is 0.481 e. The highest BCUT2D eigenvalue weighted by Gasteiger charge is 2.38. The normalized spacial score (nSPS) is 16.3. The van der Waals surface area contributed by atoms with Gasteiger partial charge in [-0.2, -0.15) is 4.98 Å². The first-order chi connectivity index (χ1) is 9.53. The van der Waals surface area contributed by atoms with Crippen molar-refractivity contribution >= 4 is 11.8 Å². The first-order valence-corrected chi connectivity index (χ1v) is 6.97. The van der Waals surface area contributed by atoms with Gasteiger partial charge >= 0.3 is 5.97 Å². The zero-order chi connectivity index (χ0) is 14.6. The molecule has 0 bridgehead atoms. The van der Waals surface area contributed by atoms with Crippen LogP contribution in [0.3, 0.4) is 0 Å². The van der Waals surface area contributed by atoms with Gasteiger partial charge in [0.2, 0.25) is 5.88 Å². The maximum Gasteiger partial charge on any atom is 0.303 e. The molecule has 2 N–H and O–H groups in total. The van der Waals surface area contributed by atoms with E-state index < -0.39 is 5.97 Å². The van der Waals surface area contributed by atoms with Crippen LogP contribution in [0.4, 0.5) is 5.82 Å². The molecule has 1 aromatic heterocycles. The Hall–Kier alpha value is -1.85. The Balaban J connectivity index is 2.00. The Labute approximate surface area is 118 Å².